The van der Waals surface area contributed by atoms with E-state index in [1.807, 2.05) is 0 Å². The topological polar surface area (TPSA) is 63.9 Å². The van der Waals surface area contributed by atoms with E-state index in [1.165, 1.54) is 15.8 Å². The number of carbonyl (C=O) groups is 1. The van der Waals surface area contributed by atoms with E-state index in [0.29, 0.717) is 11.2 Å². The number of rotatable bonds is 2. The Morgan fingerprint density at radius 2 is 2.25 bits per heavy atom. The summed E-state index contributed by atoms with van der Waals surface area (Å²) in [5.41, 5.74) is 1.14. The molecule has 0 spiro atoms. The fraction of sp³-hybridized carbons (Fsp3) is 0.333. The molecule has 0 aliphatic rings. The van der Waals surface area contributed by atoms with E-state index in [2.05, 4.69) is 15.1 Å². The van der Waals surface area contributed by atoms with Gasteiger partial charge in [0.25, 0.3) is 0 Å². The van der Waals surface area contributed by atoms with Crippen LogP contribution < -0.4 is 0 Å². The third-order valence-electron chi connectivity index (χ3n) is 2.10. The fourth-order valence-corrected chi connectivity index (χ4v) is 1.34. The van der Waals surface area contributed by atoms with Gasteiger partial charge >= 0.3 is 0 Å². The molecule has 0 N–H and O–H groups in total. The van der Waals surface area contributed by atoms with Gasteiger partial charge in [0, 0.05) is 14.1 Å². The van der Waals surface area contributed by atoms with Crippen molar-refractivity contribution in [3.05, 3.63) is 17.5 Å². The summed E-state index contributed by atoms with van der Waals surface area (Å²) in [6.45, 7) is 0.130. The van der Waals surface area contributed by atoms with Gasteiger partial charge in [-0.2, -0.15) is 5.10 Å². The Labute approximate surface area is 96.8 Å². The first-order valence-corrected chi connectivity index (χ1v) is 5.00. The van der Waals surface area contributed by atoms with E-state index < -0.39 is 0 Å². The zero-order valence-electron chi connectivity index (χ0n) is 8.88. The molecular weight excluding hydrogens is 230 g/mol. The van der Waals surface area contributed by atoms with Gasteiger partial charge in [-0.05, 0) is 0 Å². The van der Waals surface area contributed by atoms with Crippen molar-refractivity contribution in [3.8, 4) is 0 Å². The molecule has 0 aliphatic heterocycles. The number of likely N-dealkylation sites (N-methyl/N-ethyl adjacent to an activating group) is 1. The van der Waals surface area contributed by atoms with Crippen LogP contribution in [0.4, 0.5) is 0 Å². The number of nitrogens with zero attached hydrogens (tertiary/aromatic N) is 5. The molecule has 16 heavy (non-hydrogen) atoms. The van der Waals surface area contributed by atoms with Crippen molar-refractivity contribution in [2.75, 3.05) is 14.1 Å². The normalized spacial score (nSPS) is 10.7. The summed E-state index contributed by atoms with van der Waals surface area (Å²) in [4.78, 5) is 21.1. The number of halogens is 1. The van der Waals surface area contributed by atoms with Crippen molar-refractivity contribution in [3.63, 3.8) is 0 Å². The molecule has 1 amide bonds. The number of carbonyl (C=O) groups excluding carboxylic acids is 1. The van der Waals surface area contributed by atoms with Gasteiger partial charge in [0.15, 0.2) is 5.65 Å². The molecule has 0 saturated carbocycles. The number of fused-ring (bicyclic) bond motifs is 1. The summed E-state index contributed by atoms with van der Waals surface area (Å²) in [6, 6.07) is 0. The van der Waals surface area contributed by atoms with E-state index in [4.69, 9.17) is 11.6 Å². The minimum Gasteiger partial charge on any atom is -0.347 e. The van der Waals surface area contributed by atoms with Crippen molar-refractivity contribution in [1.82, 2.24) is 24.6 Å². The quantitative estimate of drug-likeness (QED) is 0.769. The lowest BCUT2D eigenvalue weighted by atomic mass is 10.5. The van der Waals surface area contributed by atoms with Gasteiger partial charge in [0.05, 0.1) is 12.4 Å². The highest BCUT2D eigenvalue weighted by Crippen LogP contribution is 2.11. The second-order valence-electron chi connectivity index (χ2n) is 3.49. The van der Waals surface area contributed by atoms with Gasteiger partial charge in [-0.25, -0.2) is 14.6 Å². The average molecular weight is 240 g/mol. The lowest BCUT2D eigenvalue weighted by molar-refractivity contribution is -0.129. The Kier molecular flexibility index (Phi) is 2.74. The zero-order valence-corrected chi connectivity index (χ0v) is 9.64. The maximum Gasteiger partial charge on any atom is 0.243 e. The lowest BCUT2D eigenvalue weighted by Crippen LogP contribution is -2.26. The van der Waals surface area contributed by atoms with Crippen LogP contribution in [0.25, 0.3) is 11.2 Å². The number of aromatic nitrogens is 4. The minimum atomic E-state index is -0.0632. The van der Waals surface area contributed by atoms with Crippen LogP contribution in [0, 0.1) is 0 Å². The van der Waals surface area contributed by atoms with Crippen LogP contribution in [-0.2, 0) is 11.3 Å². The van der Waals surface area contributed by atoms with Crippen LogP contribution in [0.3, 0.4) is 0 Å². The van der Waals surface area contributed by atoms with Crippen LogP contribution in [0.1, 0.15) is 0 Å². The van der Waals surface area contributed by atoms with E-state index in [0.717, 1.165) is 0 Å². The fourth-order valence-electron chi connectivity index (χ4n) is 1.21. The highest BCUT2D eigenvalue weighted by Gasteiger charge is 2.11. The second kappa shape index (κ2) is 4.05. The standard InChI is InChI=1S/C9H10ClN5O/c1-14(2)8(16)5-15-9-6(3-12-15)11-4-7(10)13-9/h3-4H,5H2,1-2H3. The Morgan fingerprint density at radius 3 is 2.94 bits per heavy atom. The Hall–Kier alpha value is -1.69. The average Bonchev–Trinajstić information content (AvgIpc) is 2.61. The van der Waals surface area contributed by atoms with E-state index in [-0.39, 0.29) is 17.6 Å². The zero-order chi connectivity index (χ0) is 11.7. The maximum absolute atomic E-state index is 11.5. The largest absolute Gasteiger partial charge is 0.347 e. The first kappa shape index (κ1) is 10.8. The predicted molar refractivity (Wildman–Crippen MR) is 59.0 cm³/mol. The van der Waals surface area contributed by atoms with E-state index >= 15 is 0 Å². The second-order valence-corrected chi connectivity index (χ2v) is 3.88. The SMILES string of the molecule is CN(C)C(=O)Cn1ncc2ncc(Cl)nc21. The third kappa shape index (κ3) is 1.96. The van der Waals surface area contributed by atoms with Crippen LogP contribution in [0.2, 0.25) is 5.15 Å². The molecule has 6 nitrogen and oxygen atoms in total. The summed E-state index contributed by atoms with van der Waals surface area (Å²) in [6.07, 6.45) is 3.01. The first-order valence-electron chi connectivity index (χ1n) is 4.62. The molecule has 0 aliphatic carbocycles. The highest BCUT2D eigenvalue weighted by molar-refractivity contribution is 6.29. The summed E-state index contributed by atoms with van der Waals surface area (Å²) >= 11 is 5.74. The van der Waals surface area contributed by atoms with Crippen LogP contribution in [0.15, 0.2) is 12.4 Å². The van der Waals surface area contributed by atoms with Gasteiger partial charge in [-0.3, -0.25) is 4.79 Å². The Bertz CT molecular complexity index is 536. The molecule has 0 radical (unpaired) electrons. The van der Waals surface area contributed by atoms with Crippen molar-refractivity contribution in [2.45, 2.75) is 6.54 Å². The van der Waals surface area contributed by atoms with Gasteiger partial charge in [0.2, 0.25) is 5.91 Å². The van der Waals surface area contributed by atoms with Crippen molar-refractivity contribution < 1.29 is 4.79 Å². The van der Waals surface area contributed by atoms with Gasteiger partial charge < -0.3 is 4.90 Å². The van der Waals surface area contributed by atoms with Gasteiger partial charge in [-0.1, -0.05) is 11.6 Å². The first-order chi connectivity index (χ1) is 7.58. The monoisotopic (exact) mass is 239 g/mol. The predicted octanol–water partition coefficient (Wildman–Crippen LogP) is 0.568. The number of amides is 1. The highest BCUT2D eigenvalue weighted by atomic mass is 35.5. The molecule has 2 aromatic heterocycles. The smallest absolute Gasteiger partial charge is 0.243 e. The van der Waals surface area contributed by atoms with E-state index in [1.54, 1.807) is 20.3 Å². The van der Waals surface area contributed by atoms with Crippen LogP contribution in [0.5, 0.6) is 0 Å². The number of hydrogen-bond acceptors (Lipinski definition) is 4. The van der Waals surface area contributed by atoms with Gasteiger partial charge in [0.1, 0.15) is 17.2 Å². The molecule has 7 heteroatoms. The van der Waals surface area contributed by atoms with Crippen LogP contribution >= 0.6 is 11.6 Å². The molecule has 0 fully saturated rings. The molecule has 0 aromatic carbocycles. The lowest BCUT2D eigenvalue weighted by Gasteiger charge is -2.09. The third-order valence-corrected chi connectivity index (χ3v) is 2.28. The summed E-state index contributed by atoms with van der Waals surface area (Å²) < 4.78 is 1.48. The minimum absolute atomic E-state index is 0.0632. The molecule has 0 unspecified atom stereocenters. The molecule has 2 aromatic rings. The summed E-state index contributed by atoms with van der Waals surface area (Å²) in [5, 5.41) is 4.33. The van der Waals surface area contributed by atoms with E-state index in [9.17, 15) is 4.79 Å². The molecule has 2 rings (SSSR count). The number of hydrogen-bond donors (Lipinski definition) is 0. The van der Waals surface area contributed by atoms with Crippen molar-refractivity contribution in [1.29, 1.82) is 0 Å². The molecule has 84 valence electrons. The molecule has 0 bridgehead atoms. The Balaban J connectivity index is 2.38. The molecular formula is C9H10ClN5O. The molecule has 0 saturated heterocycles. The molecule has 0 atom stereocenters. The Morgan fingerprint density at radius 1 is 1.50 bits per heavy atom. The van der Waals surface area contributed by atoms with Crippen molar-refractivity contribution in [2.24, 2.45) is 0 Å². The summed E-state index contributed by atoms with van der Waals surface area (Å²) in [7, 11) is 3.37. The van der Waals surface area contributed by atoms with Crippen molar-refractivity contribution >= 4 is 28.7 Å². The van der Waals surface area contributed by atoms with Crippen LogP contribution in [-0.4, -0.2) is 44.7 Å². The van der Waals surface area contributed by atoms with Gasteiger partial charge in [-0.15, -0.1) is 0 Å². The maximum atomic E-state index is 11.5. The molecule has 2 heterocycles. The summed E-state index contributed by atoms with van der Waals surface area (Å²) in [5.74, 6) is -0.0632.